The molecule has 0 amide bonds. The second-order valence-corrected chi connectivity index (χ2v) is 5.36. The van der Waals surface area contributed by atoms with Crippen LogP contribution in [-0.2, 0) is 0 Å². The van der Waals surface area contributed by atoms with Crippen molar-refractivity contribution in [3.63, 3.8) is 0 Å². The van der Waals surface area contributed by atoms with Gasteiger partial charge in [0.1, 0.15) is 11.9 Å². The Bertz CT molecular complexity index is 622. The molecule has 1 aromatic carbocycles. The highest BCUT2D eigenvalue weighted by atomic mass is 79.9. The Morgan fingerprint density at radius 3 is 2.65 bits per heavy atom. The van der Waals surface area contributed by atoms with Crippen LogP contribution in [0, 0.1) is 11.3 Å². The van der Waals surface area contributed by atoms with Crippen molar-refractivity contribution < 1.29 is 5.11 Å². The Balaban J connectivity index is 2.13. The van der Waals surface area contributed by atoms with E-state index in [2.05, 4.69) is 32.3 Å². The number of nitrogens with one attached hydrogen (secondary N) is 1. The molecule has 4 nitrogen and oxygen atoms in total. The number of aromatic nitrogens is 1. The first kappa shape index (κ1) is 14.5. The summed E-state index contributed by atoms with van der Waals surface area (Å²) in [5, 5.41) is 22.4. The molecule has 0 unspecified atom stereocenters. The van der Waals surface area contributed by atoms with Crippen LogP contribution in [-0.4, -0.2) is 16.1 Å². The Morgan fingerprint density at radius 2 is 2.00 bits per heavy atom. The lowest BCUT2D eigenvalue weighted by Gasteiger charge is -2.21. The van der Waals surface area contributed by atoms with Crippen LogP contribution in [0.1, 0.15) is 24.2 Å². The number of hydrogen-bond donors (Lipinski definition) is 2. The normalized spacial score (nSPS) is 13.3. The molecule has 0 aliphatic carbocycles. The molecule has 0 saturated heterocycles. The number of aliphatic hydroxyl groups is 1. The lowest BCUT2D eigenvalue weighted by atomic mass is 10.0. The maximum Gasteiger partial charge on any atom is 0.144 e. The van der Waals surface area contributed by atoms with E-state index in [0.717, 1.165) is 10.0 Å². The number of nitriles is 1. The third-order valence-corrected chi connectivity index (χ3v) is 3.51. The lowest BCUT2D eigenvalue weighted by Crippen LogP contribution is -2.25. The number of rotatable bonds is 4. The molecule has 0 aliphatic rings. The van der Waals surface area contributed by atoms with E-state index in [0.29, 0.717) is 11.4 Å². The molecule has 0 aliphatic heterocycles. The second-order valence-electron chi connectivity index (χ2n) is 4.44. The van der Waals surface area contributed by atoms with E-state index in [1.54, 1.807) is 18.3 Å². The van der Waals surface area contributed by atoms with E-state index in [4.69, 9.17) is 5.26 Å². The second kappa shape index (κ2) is 6.51. The molecule has 0 saturated carbocycles. The molecule has 2 rings (SSSR count). The molecule has 0 spiro atoms. The monoisotopic (exact) mass is 331 g/mol. The number of aliphatic hydroxyl groups excluding tert-OH is 1. The number of nitrogens with zero attached hydrogens (tertiary/aromatic N) is 2. The van der Waals surface area contributed by atoms with E-state index in [1.165, 1.54) is 0 Å². The molecular weight excluding hydrogens is 318 g/mol. The average molecular weight is 332 g/mol. The van der Waals surface area contributed by atoms with Gasteiger partial charge in [-0.3, -0.25) is 0 Å². The van der Waals surface area contributed by atoms with Gasteiger partial charge in [-0.25, -0.2) is 4.98 Å². The fourth-order valence-electron chi connectivity index (χ4n) is 1.85. The zero-order valence-corrected chi connectivity index (χ0v) is 12.5. The Morgan fingerprint density at radius 1 is 1.30 bits per heavy atom. The molecule has 2 aromatic rings. The van der Waals surface area contributed by atoms with Crippen LogP contribution in [0.25, 0.3) is 0 Å². The van der Waals surface area contributed by atoms with Crippen molar-refractivity contribution in [2.24, 2.45) is 0 Å². The van der Waals surface area contributed by atoms with E-state index >= 15 is 0 Å². The van der Waals surface area contributed by atoms with Gasteiger partial charge in [-0.2, -0.15) is 5.26 Å². The smallest absolute Gasteiger partial charge is 0.144 e. The van der Waals surface area contributed by atoms with Crippen molar-refractivity contribution >= 4 is 21.7 Å². The van der Waals surface area contributed by atoms with Gasteiger partial charge >= 0.3 is 0 Å². The number of pyridine rings is 1. The quantitative estimate of drug-likeness (QED) is 0.902. The van der Waals surface area contributed by atoms with Crippen molar-refractivity contribution in [1.29, 1.82) is 5.26 Å². The van der Waals surface area contributed by atoms with E-state index in [1.807, 2.05) is 31.2 Å². The number of benzene rings is 1. The standard InChI is InChI=1S/C15H14BrN3O/c1-10(14(20)11-4-6-13(16)7-5-11)19-15-12(9-17)3-2-8-18-15/h2-8,10,14,20H,1H3,(H,18,19)/t10-,14+/m1/s1. The summed E-state index contributed by atoms with van der Waals surface area (Å²) in [4.78, 5) is 4.13. The third kappa shape index (κ3) is 3.35. The van der Waals surface area contributed by atoms with Crippen molar-refractivity contribution in [2.75, 3.05) is 5.32 Å². The first-order valence-electron chi connectivity index (χ1n) is 6.17. The summed E-state index contributed by atoms with van der Waals surface area (Å²) in [5.74, 6) is 0.485. The minimum atomic E-state index is -0.684. The first-order chi connectivity index (χ1) is 9.61. The Labute approximate surface area is 126 Å². The minimum absolute atomic E-state index is 0.266. The highest BCUT2D eigenvalue weighted by Gasteiger charge is 2.17. The summed E-state index contributed by atoms with van der Waals surface area (Å²) < 4.78 is 0.963. The SMILES string of the molecule is C[C@@H](Nc1ncccc1C#N)[C@H](O)c1ccc(Br)cc1. The zero-order valence-electron chi connectivity index (χ0n) is 10.9. The van der Waals surface area contributed by atoms with Gasteiger partial charge in [0, 0.05) is 10.7 Å². The predicted molar refractivity (Wildman–Crippen MR) is 81.1 cm³/mol. The van der Waals surface area contributed by atoms with Crippen LogP contribution >= 0.6 is 15.9 Å². The summed E-state index contributed by atoms with van der Waals surface area (Å²) in [6.07, 6.45) is 0.929. The molecule has 2 atom stereocenters. The largest absolute Gasteiger partial charge is 0.386 e. The Hall–Kier alpha value is -1.90. The summed E-state index contributed by atoms with van der Waals surface area (Å²) >= 11 is 3.36. The molecule has 5 heteroatoms. The van der Waals surface area contributed by atoms with Crippen LogP contribution < -0.4 is 5.32 Å². The number of halogens is 1. The van der Waals surface area contributed by atoms with Gasteiger partial charge < -0.3 is 10.4 Å². The molecule has 20 heavy (non-hydrogen) atoms. The van der Waals surface area contributed by atoms with E-state index in [9.17, 15) is 5.11 Å². The molecule has 0 radical (unpaired) electrons. The van der Waals surface area contributed by atoms with E-state index < -0.39 is 6.10 Å². The molecule has 0 bridgehead atoms. The van der Waals surface area contributed by atoms with Crippen LogP contribution in [0.3, 0.4) is 0 Å². The fraction of sp³-hybridized carbons (Fsp3) is 0.200. The zero-order chi connectivity index (χ0) is 14.5. The van der Waals surface area contributed by atoms with Crippen molar-refractivity contribution in [3.05, 3.63) is 58.2 Å². The van der Waals surface area contributed by atoms with Crippen LogP contribution in [0.5, 0.6) is 0 Å². The van der Waals surface area contributed by atoms with Crippen LogP contribution in [0.15, 0.2) is 47.1 Å². The van der Waals surface area contributed by atoms with E-state index in [-0.39, 0.29) is 6.04 Å². The topological polar surface area (TPSA) is 68.9 Å². The molecule has 2 N–H and O–H groups in total. The molecule has 102 valence electrons. The van der Waals surface area contributed by atoms with Gasteiger partial charge in [-0.15, -0.1) is 0 Å². The summed E-state index contributed by atoms with van der Waals surface area (Å²) in [6, 6.07) is 12.7. The maximum atomic E-state index is 10.3. The average Bonchev–Trinajstić information content (AvgIpc) is 2.48. The van der Waals surface area contributed by atoms with Crippen molar-refractivity contribution in [1.82, 2.24) is 4.98 Å². The van der Waals surface area contributed by atoms with Gasteiger partial charge in [0.15, 0.2) is 0 Å². The number of hydrogen-bond acceptors (Lipinski definition) is 4. The molecule has 1 aromatic heterocycles. The predicted octanol–water partition coefficient (Wildman–Crippen LogP) is 3.25. The van der Waals surface area contributed by atoms with Gasteiger partial charge in [-0.05, 0) is 36.8 Å². The summed E-state index contributed by atoms with van der Waals surface area (Å²) in [6.45, 7) is 1.85. The van der Waals surface area contributed by atoms with Crippen LogP contribution in [0.2, 0.25) is 0 Å². The fourth-order valence-corrected chi connectivity index (χ4v) is 2.12. The summed E-state index contributed by atoms with van der Waals surface area (Å²) in [5.41, 5.74) is 1.27. The van der Waals surface area contributed by atoms with Gasteiger partial charge in [0.25, 0.3) is 0 Å². The van der Waals surface area contributed by atoms with Gasteiger partial charge in [0.2, 0.25) is 0 Å². The molecule has 0 fully saturated rings. The molecular formula is C15H14BrN3O. The van der Waals surface area contributed by atoms with Crippen molar-refractivity contribution in [2.45, 2.75) is 19.1 Å². The van der Waals surface area contributed by atoms with Gasteiger partial charge in [-0.1, -0.05) is 28.1 Å². The Kier molecular flexibility index (Phi) is 4.72. The third-order valence-electron chi connectivity index (χ3n) is 2.98. The lowest BCUT2D eigenvalue weighted by molar-refractivity contribution is 0.160. The molecule has 1 heterocycles. The number of anilines is 1. The highest BCUT2D eigenvalue weighted by molar-refractivity contribution is 9.10. The highest BCUT2D eigenvalue weighted by Crippen LogP contribution is 2.22. The van der Waals surface area contributed by atoms with Gasteiger partial charge in [0.05, 0.1) is 17.7 Å². The first-order valence-corrected chi connectivity index (χ1v) is 6.96. The van der Waals surface area contributed by atoms with Crippen molar-refractivity contribution in [3.8, 4) is 6.07 Å². The summed E-state index contributed by atoms with van der Waals surface area (Å²) in [7, 11) is 0. The minimum Gasteiger partial charge on any atom is -0.386 e. The maximum absolute atomic E-state index is 10.3. The van der Waals surface area contributed by atoms with Crippen LogP contribution in [0.4, 0.5) is 5.82 Å².